The van der Waals surface area contributed by atoms with Gasteiger partial charge in [0.25, 0.3) is 0 Å². The van der Waals surface area contributed by atoms with Gasteiger partial charge in [-0.25, -0.2) is 4.98 Å². The van der Waals surface area contributed by atoms with E-state index in [-0.39, 0.29) is 11.8 Å². The lowest BCUT2D eigenvalue weighted by Gasteiger charge is -2.37. The van der Waals surface area contributed by atoms with E-state index in [1.165, 1.54) is 0 Å². The highest BCUT2D eigenvalue weighted by Crippen LogP contribution is 2.24. The molecule has 0 spiro atoms. The Morgan fingerprint density at radius 3 is 2.74 bits per heavy atom. The van der Waals surface area contributed by atoms with Crippen LogP contribution in [-0.2, 0) is 11.3 Å². The first-order valence-electron chi connectivity index (χ1n) is 11.9. The molecule has 180 valence electrons. The third-order valence-corrected chi connectivity index (χ3v) is 6.32. The average molecular weight is 472 g/mol. The maximum atomic E-state index is 11.1. The highest BCUT2D eigenvalue weighted by Gasteiger charge is 2.30. The van der Waals surface area contributed by atoms with Gasteiger partial charge in [-0.2, -0.15) is 10.2 Å². The van der Waals surface area contributed by atoms with E-state index in [1.54, 1.807) is 6.20 Å². The van der Waals surface area contributed by atoms with Crippen molar-refractivity contribution >= 4 is 28.6 Å². The average Bonchev–Trinajstić information content (AvgIpc) is 3.29. The molecule has 0 radical (unpaired) electrons. The first-order valence-corrected chi connectivity index (χ1v) is 11.9. The molecule has 10 nitrogen and oxygen atoms in total. The van der Waals surface area contributed by atoms with Gasteiger partial charge in [-0.1, -0.05) is 13.8 Å². The molecule has 1 fully saturated rings. The van der Waals surface area contributed by atoms with Gasteiger partial charge < -0.3 is 16.0 Å². The van der Waals surface area contributed by atoms with Crippen molar-refractivity contribution in [2.24, 2.45) is 11.7 Å². The third-order valence-electron chi connectivity index (χ3n) is 6.32. The minimum atomic E-state index is -0.201. The van der Waals surface area contributed by atoms with Gasteiger partial charge in [0.1, 0.15) is 5.82 Å². The highest BCUT2D eigenvalue weighted by molar-refractivity contribution is 5.81. The Morgan fingerprint density at radius 1 is 1.09 bits per heavy atom. The molecule has 4 aromatic heterocycles. The van der Waals surface area contributed by atoms with Gasteiger partial charge in [0, 0.05) is 43.2 Å². The molecule has 1 aliphatic heterocycles. The Labute approximate surface area is 203 Å². The second kappa shape index (κ2) is 9.75. The van der Waals surface area contributed by atoms with Crippen LogP contribution in [-0.4, -0.2) is 60.4 Å². The Morgan fingerprint density at radius 2 is 1.94 bits per heavy atom. The first kappa shape index (κ1) is 22.9. The number of nitrogens with one attached hydrogen (secondary N) is 1. The Hall–Kier alpha value is -3.92. The number of nitrogens with zero attached hydrogens (tertiary/aromatic N) is 7. The van der Waals surface area contributed by atoms with Crippen LogP contribution < -0.4 is 11.1 Å². The summed E-state index contributed by atoms with van der Waals surface area (Å²) < 4.78 is 1.94. The van der Waals surface area contributed by atoms with E-state index >= 15 is 0 Å². The second-order valence-electron chi connectivity index (χ2n) is 9.32. The molecule has 1 aliphatic rings. The first-order chi connectivity index (χ1) is 16.9. The molecule has 4 aromatic rings. The van der Waals surface area contributed by atoms with Crippen LogP contribution in [0.5, 0.6) is 0 Å². The van der Waals surface area contributed by atoms with Crippen molar-refractivity contribution in [2.75, 3.05) is 25.0 Å². The van der Waals surface area contributed by atoms with Crippen LogP contribution in [0.3, 0.4) is 0 Å². The Bertz CT molecular complexity index is 1340. The van der Waals surface area contributed by atoms with Gasteiger partial charge in [-0.3, -0.25) is 14.5 Å². The van der Waals surface area contributed by atoms with Crippen LogP contribution in [0.15, 0.2) is 49.1 Å². The number of carbonyl (C=O) groups excluding carboxylic acids is 1. The smallest absolute Gasteiger partial charge is 0.223 e. The SMILES string of the molecule is CC(C)c1cnnc(Nc2ccc3ncc(-c4cnn(CCCN5CC(C(N)=O)C5)c4)cc3n2)c1. The molecule has 5 heterocycles. The van der Waals surface area contributed by atoms with E-state index in [1.807, 2.05) is 47.5 Å². The molecule has 5 rings (SSSR count). The topological polar surface area (TPSA) is 128 Å². The number of fused-ring (bicyclic) bond motifs is 1. The molecule has 0 saturated carbocycles. The molecular formula is C25H29N9O. The molecule has 10 heteroatoms. The van der Waals surface area contributed by atoms with Gasteiger partial charge in [0.15, 0.2) is 5.82 Å². The summed E-state index contributed by atoms with van der Waals surface area (Å²) in [7, 11) is 0. The number of pyridine rings is 2. The van der Waals surface area contributed by atoms with Crippen molar-refractivity contribution in [3.05, 3.63) is 54.6 Å². The van der Waals surface area contributed by atoms with E-state index in [0.717, 1.165) is 60.3 Å². The molecule has 0 atom stereocenters. The minimum absolute atomic E-state index is 0.00849. The van der Waals surface area contributed by atoms with E-state index < -0.39 is 0 Å². The van der Waals surface area contributed by atoms with Gasteiger partial charge >= 0.3 is 0 Å². The van der Waals surface area contributed by atoms with Crippen molar-refractivity contribution in [3.63, 3.8) is 0 Å². The molecule has 3 N–H and O–H groups in total. The number of hydrogen-bond donors (Lipinski definition) is 2. The molecular weight excluding hydrogens is 442 g/mol. The zero-order chi connectivity index (χ0) is 24.4. The standard InChI is InChI=1S/C25H29N9O/c1-16(2)17-9-24(32-28-11-17)31-23-5-4-21-22(30-23)8-18(10-27-21)19-12-29-34(15-19)7-3-6-33-13-20(14-33)25(26)35/h4-5,8-12,15-16,20H,3,6-7,13-14H2,1-2H3,(H2,26,35)(H,30,31,32). The van der Waals surface area contributed by atoms with E-state index in [4.69, 9.17) is 10.7 Å². The molecule has 0 aliphatic carbocycles. The lowest BCUT2D eigenvalue weighted by atomic mass is 9.99. The van der Waals surface area contributed by atoms with Gasteiger partial charge in [-0.05, 0) is 48.7 Å². The monoisotopic (exact) mass is 471 g/mol. The fraction of sp³-hybridized carbons (Fsp3) is 0.360. The van der Waals surface area contributed by atoms with E-state index in [2.05, 4.69) is 44.3 Å². The number of rotatable bonds is 9. The summed E-state index contributed by atoms with van der Waals surface area (Å²) in [6, 6.07) is 7.84. The van der Waals surface area contributed by atoms with Crippen molar-refractivity contribution < 1.29 is 4.79 Å². The summed E-state index contributed by atoms with van der Waals surface area (Å²) in [5.74, 6) is 1.53. The third kappa shape index (κ3) is 5.27. The van der Waals surface area contributed by atoms with Crippen molar-refractivity contribution in [3.8, 4) is 11.1 Å². The normalized spacial score (nSPS) is 14.4. The fourth-order valence-corrected chi connectivity index (χ4v) is 4.15. The van der Waals surface area contributed by atoms with Crippen LogP contribution in [0.1, 0.15) is 31.7 Å². The zero-order valence-corrected chi connectivity index (χ0v) is 19.9. The molecule has 1 saturated heterocycles. The van der Waals surface area contributed by atoms with Gasteiger partial charge in [0.05, 0.1) is 29.3 Å². The number of amides is 1. The maximum Gasteiger partial charge on any atom is 0.223 e. The predicted molar refractivity (Wildman–Crippen MR) is 134 cm³/mol. The Balaban J connectivity index is 1.24. The van der Waals surface area contributed by atoms with E-state index in [0.29, 0.717) is 17.6 Å². The number of aryl methyl sites for hydroxylation is 1. The number of likely N-dealkylation sites (tertiary alicyclic amines) is 1. The summed E-state index contributed by atoms with van der Waals surface area (Å²) in [5, 5.41) is 16.0. The summed E-state index contributed by atoms with van der Waals surface area (Å²) in [6.45, 7) is 7.51. The number of hydrogen-bond acceptors (Lipinski definition) is 8. The number of primary amides is 1. The summed E-state index contributed by atoms with van der Waals surface area (Å²) >= 11 is 0. The van der Waals surface area contributed by atoms with Crippen LogP contribution in [0.4, 0.5) is 11.6 Å². The Kier molecular flexibility index (Phi) is 6.37. The molecule has 0 aromatic carbocycles. The largest absolute Gasteiger partial charge is 0.369 e. The van der Waals surface area contributed by atoms with Crippen LogP contribution in [0, 0.1) is 5.92 Å². The van der Waals surface area contributed by atoms with Crippen molar-refractivity contribution in [2.45, 2.75) is 32.7 Å². The van der Waals surface area contributed by atoms with E-state index in [9.17, 15) is 4.79 Å². The lowest BCUT2D eigenvalue weighted by Crippen LogP contribution is -2.52. The number of carbonyl (C=O) groups is 1. The minimum Gasteiger partial charge on any atom is -0.369 e. The van der Waals surface area contributed by atoms with Crippen LogP contribution >= 0.6 is 0 Å². The van der Waals surface area contributed by atoms with Gasteiger partial charge in [-0.15, -0.1) is 5.10 Å². The number of anilines is 2. The number of nitrogens with two attached hydrogens (primary N) is 1. The van der Waals surface area contributed by atoms with Crippen molar-refractivity contribution in [1.29, 1.82) is 0 Å². The van der Waals surface area contributed by atoms with Crippen LogP contribution in [0.25, 0.3) is 22.2 Å². The predicted octanol–water partition coefficient (Wildman–Crippen LogP) is 2.96. The zero-order valence-electron chi connectivity index (χ0n) is 19.9. The molecule has 0 bridgehead atoms. The molecule has 35 heavy (non-hydrogen) atoms. The fourth-order valence-electron chi connectivity index (χ4n) is 4.15. The quantitative estimate of drug-likeness (QED) is 0.381. The lowest BCUT2D eigenvalue weighted by molar-refractivity contribution is -0.126. The molecule has 0 unspecified atom stereocenters. The second-order valence-corrected chi connectivity index (χ2v) is 9.32. The highest BCUT2D eigenvalue weighted by atomic mass is 16.1. The maximum absolute atomic E-state index is 11.1. The van der Waals surface area contributed by atoms with Crippen LogP contribution in [0.2, 0.25) is 0 Å². The van der Waals surface area contributed by atoms with Gasteiger partial charge in [0.2, 0.25) is 5.91 Å². The summed E-state index contributed by atoms with van der Waals surface area (Å²) in [6.07, 6.45) is 8.47. The number of aromatic nitrogens is 6. The van der Waals surface area contributed by atoms with Crippen molar-refractivity contribution in [1.82, 2.24) is 34.8 Å². The summed E-state index contributed by atoms with van der Waals surface area (Å²) in [4.78, 5) is 22.7. The molecule has 1 amide bonds. The summed E-state index contributed by atoms with van der Waals surface area (Å²) in [5.41, 5.74) is 10.0.